The van der Waals surface area contributed by atoms with Crippen LogP contribution in [-0.4, -0.2) is 10.4 Å². The smallest absolute Gasteiger partial charge is 0.183 e. The molecule has 3 rings (SSSR count). The molecule has 0 aliphatic carbocycles. The summed E-state index contributed by atoms with van der Waals surface area (Å²) >= 11 is 0. The van der Waals surface area contributed by atoms with Gasteiger partial charge < -0.3 is 4.57 Å². The summed E-state index contributed by atoms with van der Waals surface area (Å²) in [5.41, 5.74) is 1.84. The highest BCUT2D eigenvalue weighted by Crippen LogP contribution is 2.20. The Hall–Kier alpha value is -2.35. The van der Waals surface area contributed by atoms with Gasteiger partial charge in [-0.05, 0) is 28.5 Å². The van der Waals surface area contributed by atoms with Crippen molar-refractivity contribution in [1.29, 1.82) is 0 Å². The first-order chi connectivity index (χ1) is 9.25. The molecule has 2 nitrogen and oxygen atoms in total. The molecule has 0 radical (unpaired) electrons. The largest absolute Gasteiger partial charge is 0.348 e. The first kappa shape index (κ1) is 11.7. The lowest BCUT2D eigenvalue weighted by atomic mass is 9.99. The number of nitrogens with zero attached hydrogens (tertiary/aromatic N) is 1. The van der Waals surface area contributed by atoms with Crippen molar-refractivity contribution in [3.63, 3.8) is 0 Å². The highest BCUT2D eigenvalue weighted by Gasteiger charge is 2.11. The number of hydrogen-bond donors (Lipinski definition) is 0. The van der Waals surface area contributed by atoms with Gasteiger partial charge in [0.25, 0.3) is 0 Å². The Bertz CT molecular complexity index is 734. The van der Waals surface area contributed by atoms with Crippen LogP contribution in [0, 0.1) is 0 Å². The predicted octanol–water partition coefficient (Wildman–Crippen LogP) is 3.60. The van der Waals surface area contributed by atoms with Crippen LogP contribution in [0.25, 0.3) is 10.8 Å². The number of benzene rings is 2. The van der Waals surface area contributed by atoms with Crippen LogP contribution < -0.4 is 0 Å². The molecule has 94 valence electrons. The summed E-state index contributed by atoms with van der Waals surface area (Å²) < 4.78 is 1.87. The lowest BCUT2D eigenvalue weighted by Crippen LogP contribution is -2.08. The van der Waals surface area contributed by atoms with E-state index in [-0.39, 0.29) is 5.78 Å². The first-order valence-corrected chi connectivity index (χ1v) is 6.37. The molecule has 3 aromatic rings. The van der Waals surface area contributed by atoms with Gasteiger partial charge in [0, 0.05) is 19.7 Å². The van der Waals surface area contributed by atoms with E-state index in [0.717, 1.165) is 16.6 Å². The molecule has 0 unspecified atom stereocenters. The number of rotatable bonds is 3. The molecule has 0 atom stereocenters. The van der Waals surface area contributed by atoms with Crippen LogP contribution >= 0.6 is 0 Å². The van der Waals surface area contributed by atoms with E-state index in [1.54, 1.807) is 0 Å². The maximum atomic E-state index is 12.3. The normalized spacial score (nSPS) is 10.8. The Morgan fingerprint density at radius 2 is 1.79 bits per heavy atom. The second-order valence-corrected chi connectivity index (χ2v) is 4.74. The van der Waals surface area contributed by atoms with Gasteiger partial charge in [-0.15, -0.1) is 0 Å². The van der Waals surface area contributed by atoms with Crippen molar-refractivity contribution in [3.8, 4) is 0 Å². The summed E-state index contributed by atoms with van der Waals surface area (Å²) in [5.74, 6) is 0.156. The standard InChI is InChI=1S/C17H15NO/c1-18-11-5-10-16(18)17(19)12-14-8-4-7-13-6-2-3-9-15(13)14/h2-11H,12H2,1H3. The zero-order chi connectivity index (χ0) is 13.2. The third kappa shape index (κ3) is 2.17. The monoisotopic (exact) mass is 249 g/mol. The van der Waals surface area contributed by atoms with E-state index in [2.05, 4.69) is 18.2 Å². The van der Waals surface area contributed by atoms with E-state index in [4.69, 9.17) is 0 Å². The Labute approximate surface area is 112 Å². The van der Waals surface area contributed by atoms with Crippen molar-refractivity contribution in [3.05, 3.63) is 72.1 Å². The fourth-order valence-corrected chi connectivity index (χ4v) is 2.46. The summed E-state index contributed by atoms with van der Waals surface area (Å²) in [5, 5.41) is 2.34. The Balaban J connectivity index is 1.98. The number of hydrogen-bond acceptors (Lipinski definition) is 1. The fourth-order valence-electron chi connectivity index (χ4n) is 2.46. The zero-order valence-electron chi connectivity index (χ0n) is 10.8. The molecule has 2 heteroatoms. The molecule has 0 saturated heterocycles. The molecular formula is C17H15NO. The van der Waals surface area contributed by atoms with Gasteiger partial charge in [-0.1, -0.05) is 42.5 Å². The Morgan fingerprint density at radius 1 is 1.00 bits per heavy atom. The van der Waals surface area contributed by atoms with Gasteiger partial charge in [-0.3, -0.25) is 4.79 Å². The first-order valence-electron chi connectivity index (χ1n) is 6.37. The molecule has 0 saturated carbocycles. The molecule has 0 amide bonds. The molecule has 0 bridgehead atoms. The minimum Gasteiger partial charge on any atom is -0.348 e. The minimum atomic E-state index is 0.156. The van der Waals surface area contributed by atoms with Crippen LogP contribution in [0.15, 0.2) is 60.8 Å². The van der Waals surface area contributed by atoms with Crippen LogP contribution in [0.5, 0.6) is 0 Å². The van der Waals surface area contributed by atoms with Crippen LogP contribution in [0.2, 0.25) is 0 Å². The van der Waals surface area contributed by atoms with E-state index in [1.165, 1.54) is 5.39 Å². The molecule has 0 aliphatic heterocycles. The van der Waals surface area contributed by atoms with Crippen LogP contribution in [0.3, 0.4) is 0 Å². The number of aromatic nitrogens is 1. The summed E-state index contributed by atoms with van der Waals surface area (Å²) in [6.45, 7) is 0. The van der Waals surface area contributed by atoms with Gasteiger partial charge in [-0.25, -0.2) is 0 Å². The van der Waals surface area contributed by atoms with Crippen molar-refractivity contribution >= 4 is 16.6 Å². The minimum absolute atomic E-state index is 0.156. The SMILES string of the molecule is Cn1cccc1C(=O)Cc1cccc2ccccc12. The van der Waals surface area contributed by atoms with Gasteiger partial charge in [0.15, 0.2) is 5.78 Å². The quantitative estimate of drug-likeness (QED) is 0.650. The van der Waals surface area contributed by atoms with Gasteiger partial charge in [-0.2, -0.15) is 0 Å². The van der Waals surface area contributed by atoms with E-state index in [1.807, 2.05) is 54.2 Å². The van der Waals surface area contributed by atoms with Crippen molar-refractivity contribution in [2.75, 3.05) is 0 Å². The van der Waals surface area contributed by atoms with Gasteiger partial charge in [0.1, 0.15) is 0 Å². The summed E-state index contributed by atoms with van der Waals surface area (Å²) in [7, 11) is 1.90. The molecule has 0 fully saturated rings. The van der Waals surface area contributed by atoms with Crippen molar-refractivity contribution in [1.82, 2.24) is 4.57 Å². The average Bonchev–Trinajstić information content (AvgIpc) is 2.85. The lowest BCUT2D eigenvalue weighted by molar-refractivity contribution is 0.0985. The summed E-state index contributed by atoms with van der Waals surface area (Å²) in [4.78, 5) is 12.3. The molecular weight excluding hydrogens is 234 g/mol. The van der Waals surface area contributed by atoms with E-state index >= 15 is 0 Å². The highest BCUT2D eigenvalue weighted by atomic mass is 16.1. The molecule has 0 N–H and O–H groups in total. The summed E-state index contributed by atoms with van der Waals surface area (Å²) in [6, 6.07) is 18.1. The van der Waals surface area contributed by atoms with E-state index < -0.39 is 0 Å². The van der Waals surface area contributed by atoms with Crippen molar-refractivity contribution in [2.45, 2.75) is 6.42 Å². The lowest BCUT2D eigenvalue weighted by Gasteiger charge is -2.06. The molecule has 1 heterocycles. The van der Waals surface area contributed by atoms with Gasteiger partial charge >= 0.3 is 0 Å². The maximum Gasteiger partial charge on any atom is 0.183 e. The zero-order valence-corrected chi connectivity index (χ0v) is 10.8. The van der Waals surface area contributed by atoms with Crippen LogP contribution in [0.4, 0.5) is 0 Å². The van der Waals surface area contributed by atoms with Crippen LogP contribution in [0.1, 0.15) is 16.1 Å². The fraction of sp³-hybridized carbons (Fsp3) is 0.118. The van der Waals surface area contributed by atoms with Crippen LogP contribution in [-0.2, 0) is 13.5 Å². The number of carbonyl (C=O) groups excluding carboxylic acids is 1. The number of ketones is 1. The third-order valence-electron chi connectivity index (χ3n) is 3.46. The average molecular weight is 249 g/mol. The van der Waals surface area contributed by atoms with Crippen molar-refractivity contribution < 1.29 is 4.79 Å². The van der Waals surface area contributed by atoms with Gasteiger partial charge in [0.2, 0.25) is 0 Å². The number of aryl methyl sites for hydroxylation is 1. The second-order valence-electron chi connectivity index (χ2n) is 4.74. The molecule has 2 aromatic carbocycles. The summed E-state index contributed by atoms with van der Waals surface area (Å²) in [6.07, 6.45) is 2.34. The van der Waals surface area contributed by atoms with E-state index in [0.29, 0.717) is 6.42 Å². The number of fused-ring (bicyclic) bond motifs is 1. The number of Topliss-reactive ketones (excluding diaryl/α,β-unsaturated/α-hetero) is 1. The molecule has 0 spiro atoms. The second kappa shape index (κ2) is 4.73. The van der Waals surface area contributed by atoms with Gasteiger partial charge in [0.05, 0.1) is 5.69 Å². The Kier molecular flexibility index (Phi) is 2.92. The maximum absolute atomic E-state index is 12.3. The molecule has 1 aromatic heterocycles. The number of carbonyl (C=O) groups is 1. The Morgan fingerprint density at radius 3 is 2.58 bits per heavy atom. The molecule has 0 aliphatic rings. The molecule has 19 heavy (non-hydrogen) atoms. The van der Waals surface area contributed by atoms with Crippen molar-refractivity contribution in [2.24, 2.45) is 7.05 Å². The predicted molar refractivity (Wildman–Crippen MR) is 77.4 cm³/mol. The highest BCUT2D eigenvalue weighted by molar-refractivity contribution is 5.99. The third-order valence-corrected chi connectivity index (χ3v) is 3.46. The topological polar surface area (TPSA) is 22.0 Å². The van der Waals surface area contributed by atoms with E-state index in [9.17, 15) is 4.79 Å².